The lowest BCUT2D eigenvalue weighted by atomic mass is 10.2. The molecule has 0 saturated carbocycles. The fraction of sp³-hybridized carbons (Fsp3) is 0.333. The number of fused-ring (bicyclic) bond motifs is 1. The minimum Gasteiger partial charge on any atom is -0.382 e. The van der Waals surface area contributed by atoms with E-state index in [-0.39, 0.29) is 6.10 Å². The molecule has 0 aromatic carbocycles. The van der Waals surface area contributed by atoms with Gasteiger partial charge in [0.05, 0.1) is 18.6 Å². The van der Waals surface area contributed by atoms with E-state index in [1.54, 1.807) is 6.33 Å². The van der Waals surface area contributed by atoms with Gasteiger partial charge in [0, 0.05) is 25.8 Å². The Kier molecular flexibility index (Phi) is 3.60. The van der Waals surface area contributed by atoms with Crippen LogP contribution in [-0.4, -0.2) is 49.5 Å². The maximum Gasteiger partial charge on any atom is 0.183 e. The van der Waals surface area contributed by atoms with Gasteiger partial charge in [-0.25, -0.2) is 15.0 Å². The molecule has 3 aromatic heterocycles. The number of hydrogen-bond donors (Lipinski definition) is 2. The summed E-state index contributed by atoms with van der Waals surface area (Å²) in [6.07, 6.45) is 3.16. The number of nitrogen functional groups attached to an aromatic ring is 1. The van der Waals surface area contributed by atoms with Gasteiger partial charge in [0.25, 0.3) is 0 Å². The van der Waals surface area contributed by atoms with E-state index in [9.17, 15) is 0 Å². The number of nitrogens with zero attached hydrogens (tertiary/aromatic N) is 5. The molecular weight excluding hydrogens is 294 g/mol. The summed E-state index contributed by atoms with van der Waals surface area (Å²) in [5, 5.41) is 0. The Morgan fingerprint density at radius 3 is 3.13 bits per heavy atom. The molecule has 0 spiro atoms. The molecule has 1 aliphatic rings. The molecule has 0 bridgehead atoms. The smallest absolute Gasteiger partial charge is 0.183 e. The Balaban J connectivity index is 1.54. The van der Waals surface area contributed by atoms with Crippen LogP contribution in [0.5, 0.6) is 0 Å². The molecule has 23 heavy (non-hydrogen) atoms. The summed E-state index contributed by atoms with van der Waals surface area (Å²) < 4.78 is 5.83. The fourth-order valence-electron chi connectivity index (χ4n) is 2.74. The molecule has 1 aliphatic heterocycles. The van der Waals surface area contributed by atoms with Crippen LogP contribution in [-0.2, 0) is 11.3 Å². The average molecular weight is 311 g/mol. The first-order valence-electron chi connectivity index (χ1n) is 7.50. The summed E-state index contributed by atoms with van der Waals surface area (Å²) in [5.41, 5.74) is 8.23. The van der Waals surface area contributed by atoms with E-state index in [1.165, 1.54) is 0 Å². The molecule has 3 N–H and O–H groups in total. The normalized spacial score (nSPS) is 19.2. The highest BCUT2D eigenvalue weighted by atomic mass is 16.5. The Labute approximate surface area is 132 Å². The quantitative estimate of drug-likeness (QED) is 0.740. The lowest BCUT2D eigenvalue weighted by molar-refractivity contribution is -0.0373. The van der Waals surface area contributed by atoms with E-state index in [0.29, 0.717) is 36.0 Å². The van der Waals surface area contributed by atoms with Crippen molar-refractivity contribution in [2.75, 3.05) is 25.4 Å². The van der Waals surface area contributed by atoms with Crippen molar-refractivity contribution < 1.29 is 4.74 Å². The molecule has 0 aliphatic carbocycles. The van der Waals surface area contributed by atoms with Crippen LogP contribution >= 0.6 is 0 Å². The molecule has 8 heteroatoms. The number of imidazole rings is 1. The van der Waals surface area contributed by atoms with Crippen LogP contribution in [0.2, 0.25) is 0 Å². The van der Waals surface area contributed by atoms with Gasteiger partial charge in [-0.1, -0.05) is 6.07 Å². The van der Waals surface area contributed by atoms with Crippen LogP contribution < -0.4 is 5.73 Å². The highest BCUT2D eigenvalue weighted by Crippen LogP contribution is 2.23. The number of hydrogen-bond acceptors (Lipinski definition) is 7. The molecule has 1 unspecified atom stereocenters. The molecule has 4 rings (SSSR count). The van der Waals surface area contributed by atoms with Crippen LogP contribution in [0, 0.1) is 0 Å². The average Bonchev–Trinajstić information content (AvgIpc) is 3.05. The van der Waals surface area contributed by atoms with Crippen molar-refractivity contribution >= 4 is 17.0 Å². The standard InChI is InChI=1S/C15H17N7O/c16-13-12-15(19-9-18-12)21-14(20-13)11-8-22(5-6-23-11)7-10-3-1-2-4-17-10/h1-4,9,11H,5-8H2,(H3,16,18,19,20,21). The number of nitrogens with one attached hydrogen (secondary N) is 1. The van der Waals surface area contributed by atoms with Gasteiger partial charge in [0.2, 0.25) is 0 Å². The van der Waals surface area contributed by atoms with Gasteiger partial charge in [0.1, 0.15) is 11.6 Å². The zero-order chi connectivity index (χ0) is 15.6. The zero-order valence-electron chi connectivity index (χ0n) is 12.5. The minimum absolute atomic E-state index is 0.212. The van der Waals surface area contributed by atoms with Crippen molar-refractivity contribution in [2.24, 2.45) is 0 Å². The van der Waals surface area contributed by atoms with Gasteiger partial charge in [-0.05, 0) is 12.1 Å². The second-order valence-electron chi connectivity index (χ2n) is 5.48. The SMILES string of the molecule is Nc1nc(C2CN(Cc3ccccn3)CCO2)nc2nc[nH]c12. The van der Waals surface area contributed by atoms with E-state index >= 15 is 0 Å². The number of anilines is 1. The lowest BCUT2D eigenvalue weighted by Gasteiger charge is -2.31. The van der Waals surface area contributed by atoms with Crippen LogP contribution in [0.25, 0.3) is 11.2 Å². The molecule has 8 nitrogen and oxygen atoms in total. The number of rotatable bonds is 3. The zero-order valence-corrected chi connectivity index (χ0v) is 12.5. The summed E-state index contributed by atoms with van der Waals surface area (Å²) in [7, 11) is 0. The van der Waals surface area contributed by atoms with Gasteiger partial charge in [-0.3, -0.25) is 9.88 Å². The van der Waals surface area contributed by atoms with Gasteiger partial charge in [-0.2, -0.15) is 0 Å². The number of H-pyrrole nitrogens is 1. The van der Waals surface area contributed by atoms with E-state index in [0.717, 1.165) is 18.8 Å². The van der Waals surface area contributed by atoms with E-state index in [1.807, 2.05) is 24.4 Å². The van der Waals surface area contributed by atoms with Crippen LogP contribution in [0.3, 0.4) is 0 Å². The Bertz CT molecular complexity index is 804. The molecule has 3 aromatic rings. The van der Waals surface area contributed by atoms with Crippen LogP contribution in [0.15, 0.2) is 30.7 Å². The predicted molar refractivity (Wildman–Crippen MR) is 84.3 cm³/mol. The molecular formula is C15H17N7O. The molecule has 118 valence electrons. The molecule has 4 heterocycles. The second kappa shape index (κ2) is 5.90. The lowest BCUT2D eigenvalue weighted by Crippen LogP contribution is -2.38. The largest absolute Gasteiger partial charge is 0.382 e. The van der Waals surface area contributed by atoms with Crippen LogP contribution in [0.1, 0.15) is 17.6 Å². The summed E-state index contributed by atoms with van der Waals surface area (Å²) in [6.45, 7) is 2.96. The number of aromatic amines is 1. The maximum atomic E-state index is 5.96. The molecule has 1 saturated heterocycles. The summed E-state index contributed by atoms with van der Waals surface area (Å²) in [6, 6.07) is 5.94. The second-order valence-corrected chi connectivity index (χ2v) is 5.48. The molecule has 1 fully saturated rings. The van der Waals surface area contributed by atoms with E-state index in [4.69, 9.17) is 10.5 Å². The number of aromatic nitrogens is 5. The Hall–Kier alpha value is -2.58. The van der Waals surface area contributed by atoms with Crippen molar-refractivity contribution in [3.8, 4) is 0 Å². The van der Waals surface area contributed by atoms with Gasteiger partial charge >= 0.3 is 0 Å². The number of nitrogens with two attached hydrogens (primary N) is 1. The number of ether oxygens (including phenoxy) is 1. The first-order valence-corrected chi connectivity index (χ1v) is 7.50. The highest BCUT2D eigenvalue weighted by molar-refractivity contribution is 5.80. The van der Waals surface area contributed by atoms with Crippen molar-refractivity contribution in [1.29, 1.82) is 0 Å². The number of morpholine rings is 1. The highest BCUT2D eigenvalue weighted by Gasteiger charge is 2.25. The molecule has 1 atom stereocenters. The summed E-state index contributed by atoms with van der Waals surface area (Å²) in [4.78, 5) is 22.6. The van der Waals surface area contributed by atoms with Crippen molar-refractivity contribution in [1.82, 2.24) is 29.8 Å². The van der Waals surface area contributed by atoms with E-state index in [2.05, 4.69) is 29.8 Å². The minimum atomic E-state index is -0.212. The fourth-order valence-corrected chi connectivity index (χ4v) is 2.74. The monoisotopic (exact) mass is 311 g/mol. The predicted octanol–water partition coefficient (Wildman–Crippen LogP) is 0.904. The van der Waals surface area contributed by atoms with Gasteiger partial charge in [-0.15, -0.1) is 0 Å². The summed E-state index contributed by atoms with van der Waals surface area (Å²) >= 11 is 0. The first kappa shape index (κ1) is 14.0. The maximum absolute atomic E-state index is 5.96. The Morgan fingerprint density at radius 1 is 1.30 bits per heavy atom. The molecule has 0 radical (unpaired) electrons. The third kappa shape index (κ3) is 2.86. The topological polar surface area (TPSA) is 106 Å². The third-order valence-electron chi connectivity index (χ3n) is 3.88. The number of pyridine rings is 1. The first-order chi connectivity index (χ1) is 11.3. The summed E-state index contributed by atoms with van der Waals surface area (Å²) in [5.74, 6) is 0.973. The van der Waals surface area contributed by atoms with Gasteiger partial charge < -0.3 is 15.5 Å². The van der Waals surface area contributed by atoms with Crippen molar-refractivity contribution in [3.05, 3.63) is 42.2 Å². The Morgan fingerprint density at radius 2 is 2.26 bits per heavy atom. The van der Waals surface area contributed by atoms with Crippen LogP contribution in [0.4, 0.5) is 5.82 Å². The molecule has 0 amide bonds. The van der Waals surface area contributed by atoms with E-state index < -0.39 is 0 Å². The third-order valence-corrected chi connectivity index (χ3v) is 3.88. The van der Waals surface area contributed by atoms with Gasteiger partial charge in [0.15, 0.2) is 17.3 Å². The van der Waals surface area contributed by atoms with Crippen molar-refractivity contribution in [3.63, 3.8) is 0 Å². The van der Waals surface area contributed by atoms with Crippen molar-refractivity contribution in [2.45, 2.75) is 12.6 Å².